The molecule has 10 nitrogen and oxygen atoms in total. The number of aliphatic imine (C=N–C) groups is 2. The monoisotopic (exact) mass is 468 g/mol. The average molecular weight is 469 g/mol. The van der Waals surface area contributed by atoms with Gasteiger partial charge < -0.3 is 9.47 Å². The topological polar surface area (TPSA) is 105 Å². The molecule has 2 aliphatic heterocycles. The Labute approximate surface area is 201 Å². The molecule has 6 rings (SSSR count). The van der Waals surface area contributed by atoms with Crippen molar-refractivity contribution >= 4 is 11.8 Å². The van der Waals surface area contributed by atoms with Crippen molar-refractivity contribution in [3.8, 4) is 0 Å². The summed E-state index contributed by atoms with van der Waals surface area (Å²) in [5, 5.41) is 16.0. The maximum Gasteiger partial charge on any atom is 0.193 e. The summed E-state index contributed by atoms with van der Waals surface area (Å²) in [7, 11) is 0. The quantitative estimate of drug-likeness (QED) is 0.394. The van der Waals surface area contributed by atoms with E-state index in [1.54, 1.807) is 21.8 Å². The Kier molecular flexibility index (Phi) is 5.75. The van der Waals surface area contributed by atoms with Crippen LogP contribution in [0.2, 0.25) is 0 Å². The Balaban J connectivity index is 1.23. The van der Waals surface area contributed by atoms with E-state index in [2.05, 4.69) is 44.9 Å². The van der Waals surface area contributed by atoms with Crippen LogP contribution in [0.25, 0.3) is 0 Å². The molecule has 35 heavy (non-hydrogen) atoms. The lowest BCUT2D eigenvalue weighted by Crippen LogP contribution is -2.21. The summed E-state index contributed by atoms with van der Waals surface area (Å²) in [6, 6.07) is 20.0. The van der Waals surface area contributed by atoms with Crippen molar-refractivity contribution in [2.45, 2.75) is 43.8 Å². The molecule has 0 unspecified atom stereocenters. The van der Waals surface area contributed by atoms with Gasteiger partial charge in [-0.1, -0.05) is 71.1 Å². The number of hydrogen-bond donors (Lipinski definition) is 0. The SMILES string of the molecule is c1ccc([C@@H]2OC(CC3=N[C@@H](Cn4ccnn4)[C@H](c4ccccc4)O3)=N[C@H]2Cn2ccnn2)cc1. The third-order valence-corrected chi connectivity index (χ3v) is 6.10. The molecule has 0 N–H and O–H groups in total. The molecule has 0 amide bonds. The van der Waals surface area contributed by atoms with Crippen LogP contribution in [0.3, 0.4) is 0 Å². The summed E-state index contributed by atoms with van der Waals surface area (Å²) in [5.74, 6) is 1.21. The van der Waals surface area contributed by atoms with Gasteiger partial charge in [-0.2, -0.15) is 0 Å². The number of rotatable bonds is 8. The second-order valence-corrected chi connectivity index (χ2v) is 8.51. The van der Waals surface area contributed by atoms with E-state index in [4.69, 9.17) is 19.5 Å². The molecule has 4 heterocycles. The fourth-order valence-corrected chi connectivity index (χ4v) is 4.50. The van der Waals surface area contributed by atoms with E-state index in [0.717, 1.165) is 11.1 Å². The van der Waals surface area contributed by atoms with Crippen LogP contribution < -0.4 is 0 Å². The molecule has 4 aromatic rings. The van der Waals surface area contributed by atoms with Crippen LogP contribution in [0.15, 0.2) is 95.4 Å². The summed E-state index contributed by atoms with van der Waals surface area (Å²) in [6.07, 6.45) is 6.95. The first-order chi connectivity index (χ1) is 17.3. The highest BCUT2D eigenvalue weighted by Gasteiger charge is 2.37. The van der Waals surface area contributed by atoms with E-state index in [-0.39, 0.29) is 24.3 Å². The number of ether oxygens (including phenoxy) is 2. The minimum Gasteiger partial charge on any atom is -0.470 e. The number of hydrogen-bond acceptors (Lipinski definition) is 8. The standard InChI is InChI=1S/C25H24N8O2/c1-3-7-18(8-4-1)24-20(16-32-13-11-26-30-32)28-22(34-24)15-23-29-21(17-33-14-12-27-31-33)25(35-23)19-9-5-2-6-10-19/h1-14,20-21,24-25H,15-17H2/t20-,21-,24-,25-/m0/s1. The highest BCUT2D eigenvalue weighted by atomic mass is 16.5. The zero-order valence-corrected chi connectivity index (χ0v) is 18.9. The highest BCUT2D eigenvalue weighted by Crippen LogP contribution is 2.34. The summed E-state index contributed by atoms with van der Waals surface area (Å²) >= 11 is 0. The summed E-state index contributed by atoms with van der Waals surface area (Å²) in [6.45, 7) is 1.13. The van der Waals surface area contributed by atoms with Gasteiger partial charge in [0.2, 0.25) is 0 Å². The van der Waals surface area contributed by atoms with E-state index < -0.39 is 0 Å². The van der Waals surface area contributed by atoms with Gasteiger partial charge >= 0.3 is 0 Å². The van der Waals surface area contributed by atoms with Crippen LogP contribution in [-0.4, -0.2) is 53.9 Å². The molecule has 0 fully saturated rings. The lowest BCUT2D eigenvalue weighted by atomic mass is 10.0. The molecule has 0 aliphatic carbocycles. The molecule has 176 valence electrons. The number of nitrogens with zero attached hydrogens (tertiary/aromatic N) is 8. The fraction of sp³-hybridized carbons (Fsp3) is 0.280. The Morgan fingerprint density at radius 2 is 1.09 bits per heavy atom. The molecule has 0 saturated carbocycles. The van der Waals surface area contributed by atoms with Crippen LogP contribution in [0.4, 0.5) is 0 Å². The average Bonchev–Trinajstić information content (AvgIpc) is 3.70. The van der Waals surface area contributed by atoms with E-state index in [1.807, 2.05) is 48.8 Å². The first kappa shape index (κ1) is 21.2. The maximum atomic E-state index is 6.35. The van der Waals surface area contributed by atoms with Gasteiger partial charge in [-0.05, 0) is 11.1 Å². The third-order valence-electron chi connectivity index (χ3n) is 6.10. The maximum absolute atomic E-state index is 6.35. The molecule has 0 radical (unpaired) electrons. The van der Waals surface area contributed by atoms with Gasteiger partial charge in [-0.15, -0.1) is 10.2 Å². The smallest absolute Gasteiger partial charge is 0.193 e. The summed E-state index contributed by atoms with van der Waals surface area (Å²) in [5.41, 5.74) is 2.13. The predicted octanol–water partition coefficient (Wildman–Crippen LogP) is 3.04. The van der Waals surface area contributed by atoms with Crippen molar-refractivity contribution in [1.82, 2.24) is 30.0 Å². The van der Waals surface area contributed by atoms with Gasteiger partial charge in [0.05, 0.1) is 31.9 Å². The lowest BCUT2D eigenvalue weighted by Gasteiger charge is -2.18. The second-order valence-electron chi connectivity index (χ2n) is 8.51. The molecule has 2 aromatic carbocycles. The van der Waals surface area contributed by atoms with E-state index >= 15 is 0 Å². The van der Waals surface area contributed by atoms with Gasteiger partial charge in [0, 0.05) is 12.4 Å². The molecule has 2 aliphatic rings. The van der Waals surface area contributed by atoms with Gasteiger partial charge in [0.25, 0.3) is 0 Å². The normalized spacial score (nSPS) is 23.4. The summed E-state index contributed by atoms with van der Waals surface area (Å²) < 4.78 is 16.3. The molecule has 4 atom stereocenters. The van der Waals surface area contributed by atoms with Crippen LogP contribution >= 0.6 is 0 Å². The zero-order chi connectivity index (χ0) is 23.5. The van der Waals surface area contributed by atoms with Crippen molar-refractivity contribution in [3.05, 3.63) is 96.6 Å². The van der Waals surface area contributed by atoms with Crippen molar-refractivity contribution < 1.29 is 9.47 Å². The molecule has 0 bridgehead atoms. The van der Waals surface area contributed by atoms with Gasteiger partial charge in [0.1, 0.15) is 24.3 Å². The summed E-state index contributed by atoms with van der Waals surface area (Å²) in [4.78, 5) is 9.80. The Morgan fingerprint density at radius 3 is 1.49 bits per heavy atom. The van der Waals surface area contributed by atoms with Crippen molar-refractivity contribution in [2.24, 2.45) is 9.98 Å². The predicted molar refractivity (Wildman–Crippen MR) is 128 cm³/mol. The van der Waals surface area contributed by atoms with Gasteiger partial charge in [-0.3, -0.25) is 9.36 Å². The van der Waals surface area contributed by atoms with Gasteiger partial charge in [-0.25, -0.2) is 9.98 Å². The van der Waals surface area contributed by atoms with E-state index in [1.165, 1.54) is 0 Å². The molecule has 0 saturated heterocycles. The first-order valence-corrected chi connectivity index (χ1v) is 11.6. The van der Waals surface area contributed by atoms with Crippen LogP contribution in [0, 0.1) is 0 Å². The molecular formula is C25H24N8O2. The molecular weight excluding hydrogens is 444 g/mol. The van der Waals surface area contributed by atoms with Gasteiger partial charge in [0.15, 0.2) is 11.8 Å². The minimum absolute atomic E-state index is 0.132. The van der Waals surface area contributed by atoms with E-state index in [9.17, 15) is 0 Å². The number of benzene rings is 2. The number of aromatic nitrogens is 6. The fourth-order valence-electron chi connectivity index (χ4n) is 4.50. The lowest BCUT2D eigenvalue weighted by molar-refractivity contribution is 0.172. The Hall–Kier alpha value is -4.34. The Morgan fingerprint density at radius 1 is 0.629 bits per heavy atom. The van der Waals surface area contributed by atoms with Crippen LogP contribution in [0.5, 0.6) is 0 Å². The molecule has 0 spiro atoms. The van der Waals surface area contributed by atoms with Crippen LogP contribution in [-0.2, 0) is 22.6 Å². The largest absolute Gasteiger partial charge is 0.470 e. The van der Waals surface area contributed by atoms with Crippen LogP contribution in [0.1, 0.15) is 29.8 Å². The molecule has 2 aromatic heterocycles. The molecule has 10 heteroatoms. The first-order valence-electron chi connectivity index (χ1n) is 11.6. The minimum atomic E-state index is -0.215. The Bertz CT molecular complexity index is 1190. The van der Waals surface area contributed by atoms with Crippen molar-refractivity contribution in [1.29, 1.82) is 0 Å². The van der Waals surface area contributed by atoms with Crippen molar-refractivity contribution in [2.75, 3.05) is 0 Å². The van der Waals surface area contributed by atoms with E-state index in [0.29, 0.717) is 31.3 Å². The third kappa shape index (κ3) is 4.68. The second kappa shape index (κ2) is 9.49. The zero-order valence-electron chi connectivity index (χ0n) is 18.9. The highest BCUT2D eigenvalue weighted by molar-refractivity contribution is 5.98. The van der Waals surface area contributed by atoms with Crippen molar-refractivity contribution in [3.63, 3.8) is 0 Å².